The molecule has 0 unspecified atom stereocenters. The lowest BCUT2D eigenvalue weighted by Crippen LogP contribution is -2.35. The summed E-state index contributed by atoms with van der Waals surface area (Å²) in [5.41, 5.74) is 1.36. The molecule has 0 spiro atoms. The van der Waals surface area contributed by atoms with Crippen LogP contribution in [-0.2, 0) is 11.3 Å². The van der Waals surface area contributed by atoms with Gasteiger partial charge in [-0.05, 0) is 29.8 Å². The zero-order valence-electron chi connectivity index (χ0n) is 11.2. The van der Waals surface area contributed by atoms with E-state index >= 15 is 0 Å². The van der Waals surface area contributed by atoms with Crippen LogP contribution in [0.3, 0.4) is 0 Å². The second-order valence-electron chi connectivity index (χ2n) is 4.55. The number of amides is 1. The summed E-state index contributed by atoms with van der Waals surface area (Å²) in [4.78, 5) is 24.8. The van der Waals surface area contributed by atoms with Crippen molar-refractivity contribution >= 4 is 27.8 Å². The van der Waals surface area contributed by atoms with Crippen LogP contribution in [0.25, 0.3) is 0 Å². The average Bonchev–Trinajstić information content (AvgIpc) is 2.47. The highest BCUT2D eigenvalue weighted by molar-refractivity contribution is 9.10. The Morgan fingerprint density at radius 3 is 2.19 bits per heavy atom. The van der Waals surface area contributed by atoms with Crippen molar-refractivity contribution in [3.8, 4) is 0 Å². The molecule has 1 amide bonds. The molecule has 2 aromatic carbocycles. The van der Waals surface area contributed by atoms with Crippen LogP contribution in [-0.4, -0.2) is 28.4 Å². The predicted octanol–water partition coefficient (Wildman–Crippen LogP) is 3.18. The predicted molar refractivity (Wildman–Crippen MR) is 83.0 cm³/mol. The number of halogens is 1. The summed E-state index contributed by atoms with van der Waals surface area (Å²) in [6, 6.07) is 16.2. The van der Waals surface area contributed by atoms with Crippen LogP contribution in [0.1, 0.15) is 15.9 Å². The molecule has 0 heterocycles. The van der Waals surface area contributed by atoms with Crippen LogP contribution in [0.4, 0.5) is 0 Å². The van der Waals surface area contributed by atoms with Gasteiger partial charge in [0.25, 0.3) is 5.91 Å². The van der Waals surface area contributed by atoms with Crippen molar-refractivity contribution in [2.75, 3.05) is 6.54 Å². The van der Waals surface area contributed by atoms with Crippen LogP contribution in [0.2, 0.25) is 0 Å². The fourth-order valence-corrected chi connectivity index (χ4v) is 2.21. The lowest BCUT2D eigenvalue weighted by molar-refractivity contribution is -0.137. The first kappa shape index (κ1) is 15.3. The van der Waals surface area contributed by atoms with Crippen LogP contribution in [0.5, 0.6) is 0 Å². The summed E-state index contributed by atoms with van der Waals surface area (Å²) in [6.45, 7) is -0.0637. The van der Waals surface area contributed by atoms with Gasteiger partial charge in [-0.2, -0.15) is 0 Å². The van der Waals surface area contributed by atoms with E-state index in [0.29, 0.717) is 5.56 Å². The van der Waals surface area contributed by atoms with Gasteiger partial charge >= 0.3 is 5.97 Å². The van der Waals surface area contributed by atoms with Crippen molar-refractivity contribution in [1.82, 2.24) is 4.90 Å². The van der Waals surface area contributed by atoms with E-state index in [0.717, 1.165) is 10.0 Å². The minimum Gasteiger partial charge on any atom is -0.480 e. The second kappa shape index (κ2) is 7.04. The maximum absolute atomic E-state index is 12.4. The summed E-state index contributed by atoms with van der Waals surface area (Å²) < 4.78 is 0.867. The number of benzene rings is 2. The van der Waals surface area contributed by atoms with Gasteiger partial charge in [-0.1, -0.05) is 46.3 Å². The Morgan fingerprint density at radius 2 is 1.62 bits per heavy atom. The fourth-order valence-electron chi connectivity index (χ4n) is 1.94. The highest BCUT2D eigenvalue weighted by atomic mass is 79.9. The number of carbonyl (C=O) groups excluding carboxylic acids is 1. The average molecular weight is 348 g/mol. The molecule has 0 saturated heterocycles. The SMILES string of the molecule is O=C(O)CN(Cc1ccccc1)C(=O)c1ccc(Br)cc1. The molecule has 0 aromatic heterocycles. The molecule has 0 radical (unpaired) electrons. The van der Waals surface area contributed by atoms with Crippen LogP contribution in [0, 0.1) is 0 Å². The van der Waals surface area contributed by atoms with Crippen molar-refractivity contribution < 1.29 is 14.7 Å². The molecule has 2 rings (SSSR count). The third-order valence-electron chi connectivity index (χ3n) is 2.92. The van der Waals surface area contributed by atoms with Gasteiger partial charge in [0.1, 0.15) is 6.54 Å². The molecule has 0 saturated carbocycles. The number of nitrogens with zero attached hydrogens (tertiary/aromatic N) is 1. The molecular formula is C16H14BrNO3. The smallest absolute Gasteiger partial charge is 0.323 e. The van der Waals surface area contributed by atoms with Gasteiger partial charge in [-0.15, -0.1) is 0 Å². The Hall–Kier alpha value is -2.14. The molecule has 0 bridgehead atoms. The summed E-state index contributed by atoms with van der Waals surface area (Å²) in [5, 5.41) is 9.00. The fraction of sp³-hybridized carbons (Fsp3) is 0.125. The van der Waals surface area contributed by atoms with Crippen LogP contribution < -0.4 is 0 Å². The monoisotopic (exact) mass is 347 g/mol. The lowest BCUT2D eigenvalue weighted by Gasteiger charge is -2.21. The van der Waals surface area contributed by atoms with Crippen molar-refractivity contribution in [2.24, 2.45) is 0 Å². The van der Waals surface area contributed by atoms with Gasteiger partial charge in [-0.25, -0.2) is 0 Å². The highest BCUT2D eigenvalue weighted by Gasteiger charge is 2.18. The molecule has 0 aliphatic rings. The number of rotatable bonds is 5. The molecule has 1 N–H and O–H groups in total. The van der Waals surface area contributed by atoms with E-state index in [4.69, 9.17) is 5.11 Å². The van der Waals surface area contributed by atoms with Crippen molar-refractivity contribution in [2.45, 2.75) is 6.54 Å². The topological polar surface area (TPSA) is 57.6 Å². The van der Waals surface area contributed by atoms with Gasteiger partial charge in [0.2, 0.25) is 0 Å². The van der Waals surface area contributed by atoms with E-state index in [2.05, 4.69) is 15.9 Å². The van der Waals surface area contributed by atoms with Gasteiger partial charge in [-0.3, -0.25) is 9.59 Å². The Balaban J connectivity index is 2.20. The van der Waals surface area contributed by atoms with Crippen LogP contribution in [0.15, 0.2) is 59.1 Å². The second-order valence-corrected chi connectivity index (χ2v) is 5.46. The van der Waals surface area contributed by atoms with Crippen LogP contribution >= 0.6 is 15.9 Å². The maximum Gasteiger partial charge on any atom is 0.323 e. The van der Waals surface area contributed by atoms with E-state index in [1.165, 1.54) is 4.90 Å². The third kappa shape index (κ3) is 4.43. The molecule has 4 nitrogen and oxygen atoms in total. The Bertz CT molecular complexity index is 626. The minimum atomic E-state index is -1.03. The largest absolute Gasteiger partial charge is 0.480 e. The van der Waals surface area contributed by atoms with E-state index in [-0.39, 0.29) is 19.0 Å². The summed E-state index contributed by atoms with van der Waals surface area (Å²) in [7, 11) is 0. The summed E-state index contributed by atoms with van der Waals surface area (Å²) in [6.07, 6.45) is 0. The molecule has 21 heavy (non-hydrogen) atoms. The van der Waals surface area contributed by atoms with Gasteiger partial charge in [0.05, 0.1) is 0 Å². The lowest BCUT2D eigenvalue weighted by atomic mass is 10.1. The zero-order chi connectivity index (χ0) is 15.2. The number of hydrogen-bond donors (Lipinski definition) is 1. The number of aliphatic carboxylic acids is 1. The normalized spacial score (nSPS) is 10.1. The molecule has 0 aliphatic heterocycles. The zero-order valence-corrected chi connectivity index (χ0v) is 12.8. The van der Waals surface area contributed by atoms with Crippen molar-refractivity contribution in [3.05, 3.63) is 70.2 Å². The van der Waals surface area contributed by atoms with Gasteiger partial charge < -0.3 is 10.0 Å². The Morgan fingerprint density at radius 1 is 1.00 bits per heavy atom. The molecule has 0 fully saturated rings. The Kier molecular flexibility index (Phi) is 5.11. The third-order valence-corrected chi connectivity index (χ3v) is 3.45. The van der Waals surface area contributed by atoms with E-state index in [9.17, 15) is 9.59 Å². The molecule has 0 atom stereocenters. The minimum absolute atomic E-state index is 0.266. The molecule has 108 valence electrons. The van der Waals surface area contributed by atoms with Gasteiger partial charge in [0.15, 0.2) is 0 Å². The van der Waals surface area contributed by atoms with Crippen molar-refractivity contribution in [1.29, 1.82) is 0 Å². The van der Waals surface area contributed by atoms with E-state index < -0.39 is 5.97 Å². The van der Waals surface area contributed by atoms with Crippen molar-refractivity contribution in [3.63, 3.8) is 0 Å². The Labute approximate surface area is 131 Å². The highest BCUT2D eigenvalue weighted by Crippen LogP contribution is 2.14. The first-order valence-corrected chi connectivity index (χ1v) is 7.16. The van der Waals surface area contributed by atoms with Gasteiger partial charge in [0, 0.05) is 16.6 Å². The molecular weight excluding hydrogens is 334 g/mol. The standard InChI is InChI=1S/C16H14BrNO3/c17-14-8-6-13(7-9-14)16(21)18(11-15(19)20)10-12-4-2-1-3-5-12/h1-9H,10-11H2,(H,19,20). The number of carboxylic acids is 1. The summed E-state index contributed by atoms with van der Waals surface area (Å²) >= 11 is 3.31. The molecule has 2 aromatic rings. The molecule has 0 aliphatic carbocycles. The quantitative estimate of drug-likeness (QED) is 0.903. The van der Waals surface area contributed by atoms with E-state index in [1.54, 1.807) is 24.3 Å². The molecule has 5 heteroatoms. The first-order valence-electron chi connectivity index (χ1n) is 6.37. The van der Waals surface area contributed by atoms with E-state index in [1.807, 2.05) is 30.3 Å². The summed E-state index contributed by atoms with van der Waals surface area (Å²) in [5.74, 6) is -1.33. The first-order chi connectivity index (χ1) is 10.1. The number of hydrogen-bond acceptors (Lipinski definition) is 2. The number of carbonyl (C=O) groups is 2. The maximum atomic E-state index is 12.4. The number of carboxylic acid groups (broad SMARTS) is 1.